The van der Waals surface area contributed by atoms with Crippen LogP contribution in [0.1, 0.15) is 48.4 Å². The smallest absolute Gasteiger partial charge is 0.436 e. The number of nitro groups is 2. The van der Waals surface area contributed by atoms with Crippen LogP contribution in [-0.2, 0) is 46.6 Å². The van der Waals surface area contributed by atoms with Crippen LogP contribution in [0.25, 0.3) is 0 Å². The Labute approximate surface area is 400 Å². The molecule has 0 aliphatic heterocycles. The fourth-order valence-electron chi connectivity index (χ4n) is 5.51. The predicted octanol–water partition coefficient (Wildman–Crippen LogP) is 5.07. The topological polar surface area (TPSA) is 295 Å². The van der Waals surface area contributed by atoms with Crippen LogP contribution >= 0.6 is 0 Å². The maximum Gasteiger partial charge on any atom is 0.436 e. The molecule has 4 aromatic carbocycles. The van der Waals surface area contributed by atoms with Gasteiger partial charge in [-0.1, -0.05) is 82.8 Å². The van der Waals surface area contributed by atoms with E-state index in [1.807, 2.05) is 19.1 Å². The van der Waals surface area contributed by atoms with E-state index >= 15 is 0 Å². The highest BCUT2D eigenvalue weighted by Gasteiger charge is 2.22. The van der Waals surface area contributed by atoms with Crippen molar-refractivity contribution in [3.05, 3.63) is 189 Å². The largest absolute Gasteiger partial charge is 0.459 e. The van der Waals surface area contributed by atoms with Crippen LogP contribution in [0.5, 0.6) is 0 Å². The number of hydrogen-bond acceptors (Lipinski definition) is 19. The number of aliphatic hydroxyl groups excluding tert-OH is 2. The normalized spacial score (nSPS) is 10.6. The van der Waals surface area contributed by atoms with Gasteiger partial charge in [0.25, 0.3) is 0 Å². The Morgan fingerprint density at radius 2 is 0.786 bits per heavy atom. The lowest BCUT2D eigenvalue weighted by molar-refractivity contribution is -0.398. The lowest BCUT2D eigenvalue weighted by atomic mass is 10.2. The van der Waals surface area contributed by atoms with Gasteiger partial charge in [-0.2, -0.15) is 0 Å². The quantitative estimate of drug-likeness (QED) is 0.0346. The summed E-state index contributed by atoms with van der Waals surface area (Å²) in [6.07, 6.45) is 3.19. The number of imidazole rings is 2. The molecule has 0 saturated carbocycles. The molecule has 2 N–H and O–H groups in total. The van der Waals surface area contributed by atoms with E-state index in [1.54, 1.807) is 109 Å². The predicted molar refractivity (Wildman–Crippen MR) is 244 cm³/mol. The number of carbonyl (C=O) groups is 4. The number of aliphatic hydroxyl groups is 2. The third kappa shape index (κ3) is 18.8. The Morgan fingerprint density at radius 1 is 0.500 bits per heavy atom. The van der Waals surface area contributed by atoms with Crippen LogP contribution < -0.4 is 0 Å². The molecule has 2 aromatic heterocycles. The van der Waals surface area contributed by atoms with Gasteiger partial charge in [0.2, 0.25) is 0 Å². The van der Waals surface area contributed by atoms with E-state index in [0.29, 0.717) is 28.9 Å². The van der Waals surface area contributed by atoms with E-state index in [9.17, 15) is 39.4 Å². The molecule has 0 amide bonds. The molecule has 370 valence electrons. The Morgan fingerprint density at radius 3 is 1.06 bits per heavy atom. The lowest BCUT2D eigenvalue weighted by Crippen LogP contribution is -2.29. The molecule has 2 heterocycles. The highest BCUT2D eigenvalue weighted by atomic mass is 16.6. The minimum Gasteiger partial charge on any atom is -0.459 e. The van der Waals surface area contributed by atoms with Gasteiger partial charge in [0.15, 0.2) is 13.5 Å². The second kappa shape index (κ2) is 30.2. The molecule has 6 rings (SSSR count). The van der Waals surface area contributed by atoms with E-state index in [-0.39, 0.29) is 59.1 Å². The Balaban J connectivity index is 0.000000243. The maximum atomic E-state index is 12.2. The zero-order valence-corrected chi connectivity index (χ0v) is 37.7. The number of ether oxygens (including phenoxy) is 7. The average Bonchev–Trinajstić information content (AvgIpc) is 4.09. The average molecular weight is 971 g/mol. The molecule has 0 aliphatic carbocycles. The number of carbonyl (C=O) groups excluding carboxylic acids is 4. The second-order valence-corrected chi connectivity index (χ2v) is 14.0. The SMILES string of the molecule is CCOC(COC(=O)c1ccccc1)COC(=O)c1ccccc1.O=C(OCC(COC(=O)c1ccccc1)OCn1ccnc1[N+](=O)[O-])c1ccccc1.O=[N+]([O-])c1nccn1COC(CO)CO. The van der Waals surface area contributed by atoms with Crippen molar-refractivity contribution < 1.29 is 72.4 Å². The fourth-order valence-corrected chi connectivity index (χ4v) is 5.51. The number of hydrogen-bond donors (Lipinski definition) is 2. The van der Waals surface area contributed by atoms with Gasteiger partial charge in [-0.05, 0) is 65.3 Å². The van der Waals surface area contributed by atoms with Crippen LogP contribution in [0.3, 0.4) is 0 Å². The molecular weight excluding hydrogens is 921 g/mol. The van der Waals surface area contributed by atoms with E-state index in [0.717, 1.165) is 4.57 Å². The van der Waals surface area contributed by atoms with Crippen LogP contribution in [-0.4, -0.2) is 128 Å². The molecule has 0 aliphatic rings. The standard InChI is InChI=1S/C21H19N3O7.C19H20O5.C7H11N3O5/c25-19(16-7-3-1-4-8-16)29-13-18(14-30-20(26)17-9-5-2-6-10-17)31-15-23-12-11-22-21(23)24(27)28;1-2-22-17(13-23-18(20)15-9-5-3-6-10-15)14-24-19(21)16-11-7-4-8-12-16;11-3-6(4-12)15-5-9-2-1-8-7(9)10(13)14/h1-12,18H,13-15H2;3-12,17H,2,13-14H2,1H3;1-2,6,11-12H,3-5H2. The number of esters is 4. The molecule has 6 aromatic rings. The van der Waals surface area contributed by atoms with Crippen molar-refractivity contribution in [3.63, 3.8) is 0 Å². The zero-order valence-electron chi connectivity index (χ0n) is 37.7. The summed E-state index contributed by atoms with van der Waals surface area (Å²) in [5.74, 6) is -2.76. The van der Waals surface area contributed by atoms with Crippen molar-refractivity contribution in [1.82, 2.24) is 19.1 Å². The molecule has 0 bridgehead atoms. The molecular formula is C47H50N6O17. The summed E-state index contributed by atoms with van der Waals surface area (Å²) in [5.41, 5.74) is 1.64. The van der Waals surface area contributed by atoms with Crippen molar-refractivity contribution >= 4 is 35.8 Å². The molecule has 0 spiro atoms. The first-order chi connectivity index (χ1) is 33.9. The molecule has 0 atom stereocenters. The first-order valence-electron chi connectivity index (χ1n) is 21.2. The van der Waals surface area contributed by atoms with Gasteiger partial charge in [-0.15, -0.1) is 0 Å². The van der Waals surface area contributed by atoms with Gasteiger partial charge < -0.3 is 63.6 Å². The number of benzene rings is 4. The van der Waals surface area contributed by atoms with Crippen molar-refractivity contribution in [2.24, 2.45) is 0 Å². The number of rotatable bonds is 24. The molecule has 23 heteroatoms. The lowest BCUT2D eigenvalue weighted by Gasteiger charge is -2.17. The summed E-state index contributed by atoms with van der Waals surface area (Å²) in [6.45, 7) is 0.762. The van der Waals surface area contributed by atoms with Crippen LogP contribution in [0.4, 0.5) is 11.9 Å². The van der Waals surface area contributed by atoms with Gasteiger partial charge in [0.1, 0.15) is 69.5 Å². The summed E-state index contributed by atoms with van der Waals surface area (Å²) in [6, 6.07) is 34.1. The molecule has 23 nitrogen and oxygen atoms in total. The van der Waals surface area contributed by atoms with Gasteiger partial charge >= 0.3 is 35.8 Å². The zero-order chi connectivity index (χ0) is 50.5. The van der Waals surface area contributed by atoms with Crippen molar-refractivity contribution in [2.45, 2.75) is 38.7 Å². The minimum absolute atomic E-state index is 0.0175. The van der Waals surface area contributed by atoms with Crippen molar-refractivity contribution in [2.75, 3.05) is 46.2 Å². The fraction of sp³-hybridized carbons (Fsp3) is 0.277. The summed E-state index contributed by atoms with van der Waals surface area (Å²) in [5, 5.41) is 38.8. The Kier molecular flexibility index (Phi) is 23.5. The first-order valence-corrected chi connectivity index (χ1v) is 21.2. The van der Waals surface area contributed by atoms with Crippen LogP contribution in [0.2, 0.25) is 0 Å². The third-order valence-electron chi connectivity index (χ3n) is 9.06. The molecule has 0 radical (unpaired) electrons. The summed E-state index contributed by atoms with van der Waals surface area (Å²) in [4.78, 5) is 75.5. The molecule has 0 unspecified atom stereocenters. The monoisotopic (exact) mass is 970 g/mol. The van der Waals surface area contributed by atoms with Crippen molar-refractivity contribution in [3.8, 4) is 0 Å². The first kappa shape index (κ1) is 54.4. The van der Waals surface area contributed by atoms with Gasteiger partial charge in [0, 0.05) is 6.61 Å². The van der Waals surface area contributed by atoms with Crippen LogP contribution in [0.15, 0.2) is 146 Å². The van der Waals surface area contributed by atoms with Gasteiger partial charge in [-0.3, -0.25) is 0 Å². The maximum absolute atomic E-state index is 12.2. The summed E-state index contributed by atoms with van der Waals surface area (Å²) < 4.78 is 39.4. The van der Waals surface area contributed by atoms with E-state index in [1.165, 1.54) is 29.4 Å². The summed E-state index contributed by atoms with van der Waals surface area (Å²) >= 11 is 0. The highest BCUT2D eigenvalue weighted by molar-refractivity contribution is 5.90. The van der Waals surface area contributed by atoms with Gasteiger partial charge in [0.05, 0.1) is 35.5 Å². The molecule has 70 heavy (non-hydrogen) atoms. The van der Waals surface area contributed by atoms with E-state index < -0.39 is 58.0 Å². The van der Waals surface area contributed by atoms with E-state index in [4.69, 9.17) is 43.4 Å². The van der Waals surface area contributed by atoms with Crippen molar-refractivity contribution in [1.29, 1.82) is 0 Å². The highest BCUT2D eigenvalue weighted by Crippen LogP contribution is 2.12. The van der Waals surface area contributed by atoms with Gasteiger partial charge in [-0.25, -0.2) is 28.3 Å². The van der Waals surface area contributed by atoms with E-state index in [2.05, 4.69) is 9.97 Å². The molecule has 0 saturated heterocycles. The Bertz CT molecular complexity index is 2400. The number of aromatic nitrogens is 4. The minimum atomic E-state index is -0.859. The van der Waals surface area contributed by atoms with Crippen LogP contribution in [0, 0.1) is 20.2 Å². The molecule has 0 fully saturated rings. The third-order valence-corrected chi connectivity index (χ3v) is 9.06. The summed E-state index contributed by atoms with van der Waals surface area (Å²) in [7, 11) is 0. The Hall–Kier alpha value is -8.22. The number of nitrogens with zero attached hydrogens (tertiary/aromatic N) is 6. The second-order valence-electron chi connectivity index (χ2n) is 14.0.